The first-order chi connectivity index (χ1) is 24.4. The number of azo groups is 2. The molecule has 7 N–H and O–H groups in total. The maximum absolute atomic E-state index is 12.4. The van der Waals surface area contributed by atoms with E-state index in [1.54, 1.807) is 12.1 Å². The van der Waals surface area contributed by atoms with E-state index in [-0.39, 0.29) is 70.5 Å². The summed E-state index contributed by atoms with van der Waals surface area (Å²) in [7, 11) is -5.17. The van der Waals surface area contributed by atoms with E-state index in [0.717, 1.165) is 30.3 Å². The third kappa shape index (κ3) is 9.82. The van der Waals surface area contributed by atoms with Crippen molar-refractivity contribution in [2.24, 2.45) is 20.5 Å². The molecule has 272 valence electrons. The number of aliphatic hydroxyl groups is 2. The van der Waals surface area contributed by atoms with Crippen molar-refractivity contribution < 1.29 is 72.3 Å². The Kier molecular flexibility index (Phi) is 13.9. The van der Waals surface area contributed by atoms with E-state index in [2.05, 4.69) is 39.2 Å². The number of phenols is 2. The molecule has 0 spiro atoms. The number of aromatic hydroxyl groups is 2. The molecule has 0 aliphatic heterocycles. The Morgan fingerprint density at radius 3 is 2.12 bits per heavy atom. The highest BCUT2D eigenvalue weighted by Gasteiger charge is 2.27. The van der Waals surface area contributed by atoms with E-state index < -0.39 is 53.9 Å². The number of fused-ring (bicyclic) bond motifs is 1. The van der Waals surface area contributed by atoms with Crippen molar-refractivity contribution in [2.75, 3.05) is 19.8 Å². The molecule has 0 aromatic heterocycles. The van der Waals surface area contributed by atoms with Gasteiger partial charge in [0.2, 0.25) is 0 Å². The first-order valence-corrected chi connectivity index (χ1v) is 16.8. The zero-order valence-corrected chi connectivity index (χ0v) is 27.9. The zero-order chi connectivity index (χ0) is 37.1. The Labute approximate surface area is 294 Å². The first kappa shape index (κ1) is 39.2. The second-order valence-electron chi connectivity index (χ2n) is 9.67. The maximum Gasteiger partial charge on any atom is 0.296 e. The molecular weight excluding hydrogens is 747 g/mol. The minimum absolute atomic E-state index is 0.0307. The summed E-state index contributed by atoms with van der Waals surface area (Å²) in [5.74, 6) is -1.57. The SMILES string of the molecule is O=[N+]([O-])c1ccc(N=Nc2c(S(=O)(=O)O)cc3cc(SOOO)c(N=Nc4cc(OCCO)ccc4CCCO)c(O)c3c2O)c(SOOO)c1. The van der Waals surface area contributed by atoms with Crippen molar-refractivity contribution in [3.8, 4) is 17.2 Å². The van der Waals surface area contributed by atoms with Crippen LogP contribution < -0.4 is 4.74 Å². The van der Waals surface area contributed by atoms with Crippen LogP contribution in [0, 0.1) is 10.1 Å². The minimum atomic E-state index is -5.17. The van der Waals surface area contributed by atoms with Crippen LogP contribution in [-0.2, 0) is 35.3 Å². The zero-order valence-electron chi connectivity index (χ0n) is 25.4. The van der Waals surface area contributed by atoms with Gasteiger partial charge in [0, 0.05) is 24.8 Å². The lowest BCUT2D eigenvalue weighted by molar-refractivity contribution is -0.432. The van der Waals surface area contributed by atoms with Gasteiger partial charge in [-0.1, -0.05) is 16.1 Å². The fourth-order valence-electron chi connectivity index (χ4n) is 4.36. The number of phenolic OH excluding ortho intramolecular Hbond substituents is 2. The second kappa shape index (κ2) is 18.1. The number of non-ortho nitro benzene ring substituents is 1. The molecule has 0 saturated heterocycles. The molecule has 4 aromatic carbocycles. The molecule has 0 amide bonds. The van der Waals surface area contributed by atoms with Crippen LogP contribution >= 0.6 is 24.1 Å². The molecule has 0 fully saturated rings. The van der Waals surface area contributed by atoms with Gasteiger partial charge in [-0.3, -0.25) is 14.7 Å². The normalized spacial score (nSPS) is 12.0. The van der Waals surface area contributed by atoms with Gasteiger partial charge in [0.05, 0.1) is 56.5 Å². The van der Waals surface area contributed by atoms with Crippen molar-refractivity contribution in [1.82, 2.24) is 0 Å². The van der Waals surface area contributed by atoms with Crippen LogP contribution in [0.15, 0.2) is 83.7 Å². The molecular formula is C27H25N5O16S3. The number of rotatable bonds is 18. The topological polar surface area (TPSA) is 314 Å². The van der Waals surface area contributed by atoms with Gasteiger partial charge in [-0.25, -0.2) is 10.5 Å². The van der Waals surface area contributed by atoms with Crippen molar-refractivity contribution in [3.63, 3.8) is 0 Å². The maximum atomic E-state index is 12.4. The number of hydrogen-bond acceptors (Lipinski definition) is 21. The van der Waals surface area contributed by atoms with Crippen LogP contribution in [0.3, 0.4) is 0 Å². The lowest BCUT2D eigenvalue weighted by Gasteiger charge is -2.14. The highest BCUT2D eigenvalue weighted by atomic mass is 32.2. The third-order valence-corrected chi connectivity index (χ3v) is 8.65. The van der Waals surface area contributed by atoms with Gasteiger partial charge in [0.1, 0.15) is 34.3 Å². The fraction of sp³-hybridized carbons (Fsp3) is 0.185. The lowest BCUT2D eigenvalue weighted by Crippen LogP contribution is -2.01. The van der Waals surface area contributed by atoms with Crippen LogP contribution in [-0.4, -0.2) is 68.7 Å². The monoisotopic (exact) mass is 771 g/mol. The number of ether oxygens (including phenoxy) is 1. The Morgan fingerprint density at radius 2 is 1.47 bits per heavy atom. The van der Waals surface area contributed by atoms with E-state index in [0.29, 0.717) is 24.2 Å². The quantitative estimate of drug-likeness (QED) is 0.0144. The summed E-state index contributed by atoms with van der Waals surface area (Å²) < 4.78 is 49.2. The largest absolute Gasteiger partial charge is 0.505 e. The molecule has 0 saturated carbocycles. The molecule has 0 heterocycles. The third-order valence-electron chi connectivity index (χ3n) is 6.53. The molecule has 0 unspecified atom stereocenters. The van der Waals surface area contributed by atoms with Gasteiger partial charge in [-0.05, 0) is 48.1 Å². The highest BCUT2D eigenvalue weighted by Crippen LogP contribution is 2.51. The van der Waals surface area contributed by atoms with E-state index >= 15 is 0 Å². The molecule has 4 aromatic rings. The Morgan fingerprint density at radius 1 is 0.804 bits per heavy atom. The predicted octanol–water partition coefficient (Wildman–Crippen LogP) is 6.39. The number of aliphatic hydroxyl groups excluding tert-OH is 2. The van der Waals surface area contributed by atoms with Gasteiger partial charge < -0.3 is 25.2 Å². The van der Waals surface area contributed by atoms with Crippen LogP contribution in [0.25, 0.3) is 10.8 Å². The van der Waals surface area contributed by atoms with Crippen molar-refractivity contribution in [2.45, 2.75) is 27.5 Å². The van der Waals surface area contributed by atoms with Crippen LogP contribution in [0.4, 0.5) is 28.4 Å². The molecule has 4 rings (SSSR count). The fourth-order valence-corrected chi connectivity index (χ4v) is 5.98. The van der Waals surface area contributed by atoms with Gasteiger partial charge >= 0.3 is 0 Å². The average molecular weight is 772 g/mol. The van der Waals surface area contributed by atoms with Crippen molar-refractivity contribution in [1.29, 1.82) is 0 Å². The Bertz CT molecular complexity index is 2070. The van der Waals surface area contributed by atoms with Gasteiger partial charge in [0.15, 0.2) is 11.5 Å². The van der Waals surface area contributed by atoms with Crippen molar-refractivity contribution >= 4 is 73.4 Å². The molecule has 21 nitrogen and oxygen atoms in total. The van der Waals surface area contributed by atoms with E-state index in [4.69, 9.17) is 20.4 Å². The van der Waals surface area contributed by atoms with Gasteiger partial charge in [-0.15, -0.1) is 29.1 Å². The Balaban J connectivity index is 1.93. The summed E-state index contributed by atoms with van der Waals surface area (Å²) >= 11 is 0.548. The van der Waals surface area contributed by atoms with E-state index in [9.17, 15) is 38.4 Å². The molecule has 0 aliphatic rings. The molecule has 0 radical (unpaired) electrons. The first-order valence-electron chi connectivity index (χ1n) is 13.9. The van der Waals surface area contributed by atoms with Crippen molar-refractivity contribution in [3.05, 3.63) is 64.2 Å². The summed E-state index contributed by atoms with van der Waals surface area (Å²) in [4.78, 5) is 9.15. The van der Waals surface area contributed by atoms with Crippen LogP contribution in [0.1, 0.15) is 12.0 Å². The minimum Gasteiger partial charge on any atom is -0.505 e. The average Bonchev–Trinajstić information content (AvgIpc) is 3.10. The summed E-state index contributed by atoms with van der Waals surface area (Å²) in [5.41, 5.74) is -1.17. The Hall–Kier alpha value is -4.57. The standard InChI is InChI=1S/C27H25N5O16S3/c33-7-1-2-14-3-5-17(44-9-8-34)13-19(14)29-30-24-21(50-48-46-40)10-15-11-22(51(41,42)43)25(27(36)23(15)26(24)35)31-28-18-6-4-16(32(37)38)12-20(18)49-47-45-39/h3-6,10-13,33-36,39-40H,1-2,7-9H2,(H,41,42,43). The highest BCUT2D eigenvalue weighted by molar-refractivity contribution is 7.95. The van der Waals surface area contributed by atoms with Gasteiger partial charge in [0.25, 0.3) is 15.8 Å². The molecule has 24 heteroatoms. The molecule has 51 heavy (non-hydrogen) atoms. The number of nitro benzene ring substituents is 1. The van der Waals surface area contributed by atoms with Crippen LogP contribution in [0.2, 0.25) is 0 Å². The lowest BCUT2D eigenvalue weighted by atomic mass is 10.1. The summed E-state index contributed by atoms with van der Waals surface area (Å²) in [6.45, 7) is -0.437. The van der Waals surface area contributed by atoms with Gasteiger partial charge in [-0.2, -0.15) is 8.42 Å². The van der Waals surface area contributed by atoms with Crippen LogP contribution in [0.5, 0.6) is 17.2 Å². The second-order valence-corrected chi connectivity index (χ2v) is 12.5. The predicted molar refractivity (Wildman–Crippen MR) is 174 cm³/mol. The number of aryl methyl sites for hydroxylation is 1. The molecule has 0 aliphatic carbocycles. The molecule has 0 bridgehead atoms. The summed E-state index contributed by atoms with van der Waals surface area (Å²) in [6, 6.07) is 9.69. The number of nitrogens with zero attached hydrogens (tertiary/aromatic N) is 5. The number of hydrogen-bond donors (Lipinski definition) is 7. The summed E-state index contributed by atoms with van der Waals surface area (Å²) in [5, 5.41) is 92.0. The smallest absolute Gasteiger partial charge is 0.296 e. The van der Waals surface area contributed by atoms with E-state index in [1.165, 1.54) is 6.07 Å². The number of benzene rings is 4. The number of nitro groups is 1. The summed E-state index contributed by atoms with van der Waals surface area (Å²) in [6.07, 6.45) is 0.701. The van der Waals surface area contributed by atoms with E-state index in [1.807, 2.05) is 0 Å². The molecule has 0 atom stereocenters.